The highest BCUT2D eigenvalue weighted by atomic mass is 16.5. The fourth-order valence-corrected chi connectivity index (χ4v) is 23.8. The first-order valence-electron chi connectivity index (χ1n) is 61.5. The van der Waals surface area contributed by atoms with E-state index in [4.69, 9.17) is 66.3 Å². The second kappa shape index (κ2) is 82.6. The van der Waals surface area contributed by atoms with E-state index in [9.17, 15) is 0 Å². The number of rotatable bonds is 37. The van der Waals surface area contributed by atoms with Gasteiger partial charge in [0.1, 0.15) is 5.75 Å². The molecule has 16 unspecified atom stereocenters. The summed E-state index contributed by atoms with van der Waals surface area (Å²) < 4.78 is 76.6. The Kier molecular flexibility index (Phi) is 77.2. The Morgan fingerprint density at radius 3 is 1.22 bits per heavy atom. The van der Waals surface area contributed by atoms with Gasteiger partial charge in [-0.3, -0.25) is 0 Å². The number of methoxy groups -OCH3 is 1. The molecule has 0 aromatic heterocycles. The van der Waals surface area contributed by atoms with Crippen LogP contribution in [0.15, 0.2) is 121 Å². The van der Waals surface area contributed by atoms with Gasteiger partial charge in [0, 0.05) is 86.4 Å². The van der Waals surface area contributed by atoms with Crippen molar-refractivity contribution in [3.63, 3.8) is 0 Å². The molecular weight excluding hydrogens is 1830 g/mol. The summed E-state index contributed by atoms with van der Waals surface area (Å²) in [5.74, 6) is 14.4. The highest BCUT2D eigenvalue weighted by Crippen LogP contribution is 2.66. The SMILES string of the molecule is CC(C)OC1CCCCC1.CC(C)OCCc1ccccc1.CC(C)OCc1ccccc1.CC(C)Oc1ccccc1.CCC(C)OCc1ccccc1.CCOC(C)(C)C.CCOC1CC(C)CCC1C(C)C.CCOC1CC2CCC1(C)C2(C)C.CCOC1CC2CCC1C2.CCOCC1CC2CCC1C2.CCOCC1CCCCC1.CCOCCC1CC2CCC1C2.CCOCCC1CCCCC1.COC(C)(C)C. The molecule has 0 spiro atoms. The first-order chi connectivity index (χ1) is 70.8. The maximum absolute atomic E-state index is 5.88. The standard InChI is InChI=1S/C12H22O.C12H24O.C11H20O.2C11H16O.C10H18O.C10H14O.C10H20O.C9H16O.C9H18O.C9H12O.C9H18O.C6H14O.C5H12O/c1-5-13-10-8-9-6-7-12(10,4)11(9,2)3;1-5-13-12-8-10(4)6-7-11(12)9(2)3;1-2-12-6-5-11-8-9-3-4-10(11)7-9;1-10(2)12-9-8-11-6-4-3-5-7-11;1-3-10(2)12-9-11-7-5-4-6-8-11;1-2-11-7-10-6-8-3-4-9(10)5-8;1-9(2)11-8-10-6-4-3-5-7-10;1-2-11-9-8-10-6-4-3-5-7-10;1-2-10-9-6-7-3-4-8(9)5-7;2*1-8(2)10-9-6-4-3-5-7-9;1-2-10-8-9-6-4-3-5-7-9;1-5-7-6(2,3)4;1-5(2,3)6-4/h9-10H,5-8H2,1-4H3;9-12H,5-8H2,1-4H3;9-11H,2-8H2,1H3;3-7,10H,8-9H2,1-2H3;4-8,10H,3,9H2,1-2H3;8-10H,2-7H2,1H3;3-7,9H,8H2,1-2H3;10H,2-9H2,1H3;7-9H,2-6H2,1H3;8-9H,3-7H2,1-2H3;3-8H,1-2H3;9H,2-8H2,1H3;5H2,1-4H3;1-4H3. The van der Waals surface area contributed by atoms with Crippen molar-refractivity contribution in [2.75, 3.05) is 93.0 Å². The smallest absolute Gasteiger partial charge is 0.119 e. The third-order valence-electron chi connectivity index (χ3n) is 32.9. The quantitative estimate of drug-likeness (QED) is 0.0397. The van der Waals surface area contributed by atoms with Crippen molar-refractivity contribution in [3.8, 4) is 5.75 Å². The Balaban J connectivity index is 0.000000411. The Bertz CT molecular complexity index is 3580. The van der Waals surface area contributed by atoms with E-state index in [1.54, 1.807) is 7.11 Å². The van der Waals surface area contributed by atoms with Gasteiger partial charge in [-0.1, -0.05) is 248 Å². The molecule has 860 valence electrons. The lowest BCUT2D eigenvalue weighted by molar-refractivity contribution is -0.0413. The van der Waals surface area contributed by atoms with Crippen LogP contribution in [0.2, 0.25) is 0 Å². The lowest BCUT2D eigenvalue weighted by atomic mass is 9.70. The summed E-state index contributed by atoms with van der Waals surface area (Å²) in [6.45, 7) is 77.2. The third kappa shape index (κ3) is 63.5. The predicted octanol–water partition coefficient (Wildman–Crippen LogP) is 36.6. The summed E-state index contributed by atoms with van der Waals surface area (Å²) >= 11 is 0. The minimum absolute atomic E-state index is 0.0417. The molecule has 16 rings (SSSR count). The Labute approximate surface area is 915 Å². The second-order valence-corrected chi connectivity index (χ2v) is 49.0. The molecule has 4 aromatic carbocycles. The molecule has 8 bridgehead atoms. The van der Waals surface area contributed by atoms with Gasteiger partial charge < -0.3 is 66.3 Å². The molecule has 4 aromatic rings. The van der Waals surface area contributed by atoms with Gasteiger partial charge in [0.15, 0.2) is 0 Å². The average Bonchev–Trinajstić information content (AvgIpc) is 1.56. The van der Waals surface area contributed by atoms with E-state index in [0.717, 1.165) is 201 Å². The first-order valence-corrected chi connectivity index (χ1v) is 61.5. The minimum Gasteiger partial charge on any atom is -0.491 e. The van der Waals surface area contributed by atoms with Gasteiger partial charge in [-0.05, 0) is 429 Å². The molecule has 148 heavy (non-hydrogen) atoms. The van der Waals surface area contributed by atoms with E-state index in [1.807, 2.05) is 128 Å². The molecular formula is C134H240O14. The Hall–Kier alpha value is -3.84. The number of hydrogen-bond donors (Lipinski definition) is 0. The molecule has 14 heteroatoms. The summed E-state index contributed by atoms with van der Waals surface area (Å²) in [7, 11) is 1.71. The van der Waals surface area contributed by atoms with Crippen molar-refractivity contribution >= 4 is 0 Å². The van der Waals surface area contributed by atoms with Gasteiger partial charge >= 0.3 is 0 Å². The average molecular weight is 2080 g/mol. The van der Waals surface area contributed by atoms with Crippen molar-refractivity contribution in [2.45, 2.75) is 525 Å². The number of fused-ring (bicyclic) bond motifs is 8. The van der Waals surface area contributed by atoms with E-state index in [-0.39, 0.29) is 17.3 Å². The molecule has 14 nitrogen and oxygen atoms in total. The summed E-state index contributed by atoms with van der Waals surface area (Å²) in [6, 6.07) is 40.7. The van der Waals surface area contributed by atoms with Crippen molar-refractivity contribution in [2.24, 2.45) is 93.7 Å². The van der Waals surface area contributed by atoms with Gasteiger partial charge in [0.2, 0.25) is 0 Å². The van der Waals surface area contributed by atoms with Gasteiger partial charge in [-0.25, -0.2) is 0 Å². The summed E-state index contributed by atoms with van der Waals surface area (Å²) in [4.78, 5) is 0. The van der Waals surface area contributed by atoms with Crippen LogP contribution in [0.3, 0.4) is 0 Å². The number of para-hydroxylation sites is 1. The zero-order valence-corrected chi connectivity index (χ0v) is 102. The van der Waals surface area contributed by atoms with Gasteiger partial charge in [0.25, 0.3) is 0 Å². The normalized spacial score (nSPS) is 25.4. The van der Waals surface area contributed by atoms with Gasteiger partial charge in [-0.15, -0.1) is 0 Å². The van der Waals surface area contributed by atoms with Crippen molar-refractivity contribution < 1.29 is 66.3 Å². The predicted molar refractivity (Wildman–Crippen MR) is 631 cm³/mol. The van der Waals surface area contributed by atoms with Gasteiger partial charge in [-0.2, -0.15) is 0 Å². The van der Waals surface area contributed by atoms with Crippen LogP contribution in [0.1, 0.15) is 456 Å². The monoisotopic (exact) mass is 2070 g/mol. The number of benzene rings is 4. The van der Waals surface area contributed by atoms with Crippen LogP contribution in [0.5, 0.6) is 5.75 Å². The van der Waals surface area contributed by atoms with Crippen LogP contribution in [0.4, 0.5) is 0 Å². The lowest BCUT2D eigenvalue weighted by Crippen LogP contribution is -2.37. The molecule has 12 aliphatic carbocycles. The second-order valence-electron chi connectivity index (χ2n) is 49.0. The molecule has 12 aliphatic rings. The topological polar surface area (TPSA) is 129 Å². The highest BCUT2D eigenvalue weighted by molar-refractivity contribution is 5.21. The van der Waals surface area contributed by atoms with Crippen LogP contribution in [0.25, 0.3) is 0 Å². The molecule has 0 saturated heterocycles. The first kappa shape index (κ1) is 138. The zero-order valence-electron chi connectivity index (χ0n) is 102. The Morgan fingerprint density at radius 1 is 0.365 bits per heavy atom. The van der Waals surface area contributed by atoms with E-state index >= 15 is 0 Å². The van der Waals surface area contributed by atoms with E-state index < -0.39 is 0 Å². The molecule has 0 amide bonds. The van der Waals surface area contributed by atoms with E-state index in [1.165, 1.54) is 241 Å². The summed E-state index contributed by atoms with van der Waals surface area (Å²) in [6.07, 6.45) is 55.8. The summed E-state index contributed by atoms with van der Waals surface area (Å²) in [5.41, 5.74) is 4.88. The lowest BCUT2D eigenvalue weighted by Gasteiger charge is -2.38. The molecule has 0 radical (unpaired) electrons. The number of hydrogen-bond acceptors (Lipinski definition) is 14. The summed E-state index contributed by atoms with van der Waals surface area (Å²) in [5, 5.41) is 0. The molecule has 0 heterocycles. The van der Waals surface area contributed by atoms with E-state index in [2.05, 4.69) is 201 Å². The zero-order chi connectivity index (χ0) is 109. The fraction of sp³-hybridized carbons (Fsp3) is 0.821. The van der Waals surface area contributed by atoms with Gasteiger partial charge in [0.05, 0.1) is 86.0 Å². The van der Waals surface area contributed by atoms with Crippen molar-refractivity contribution in [3.05, 3.63) is 138 Å². The maximum atomic E-state index is 5.88. The Morgan fingerprint density at radius 2 is 0.818 bits per heavy atom. The maximum Gasteiger partial charge on any atom is 0.119 e. The van der Waals surface area contributed by atoms with Crippen molar-refractivity contribution in [1.82, 2.24) is 0 Å². The highest BCUT2D eigenvalue weighted by Gasteiger charge is 2.62. The van der Waals surface area contributed by atoms with Crippen LogP contribution >= 0.6 is 0 Å². The third-order valence-corrected chi connectivity index (χ3v) is 32.9. The molecule has 16 atom stereocenters. The minimum atomic E-state index is 0.0417. The molecule has 0 aliphatic heterocycles. The van der Waals surface area contributed by atoms with Crippen LogP contribution in [-0.4, -0.2) is 159 Å². The van der Waals surface area contributed by atoms with Crippen LogP contribution in [-0.2, 0) is 81.2 Å². The molecule has 12 fully saturated rings. The van der Waals surface area contributed by atoms with Crippen molar-refractivity contribution in [1.29, 1.82) is 0 Å². The van der Waals surface area contributed by atoms with Crippen LogP contribution < -0.4 is 4.74 Å². The molecule has 0 N–H and O–H groups in total. The van der Waals surface area contributed by atoms with Crippen LogP contribution in [0, 0.1) is 93.7 Å². The largest absolute Gasteiger partial charge is 0.491 e. The fourth-order valence-electron chi connectivity index (χ4n) is 23.8. The number of ether oxygens (including phenoxy) is 14. The van der Waals surface area contributed by atoms with E-state index in [0.29, 0.717) is 59.7 Å². The molecule has 12 saturated carbocycles.